The normalized spacial score (nSPS) is 15.9. The summed E-state index contributed by atoms with van der Waals surface area (Å²) < 4.78 is 34.1. The molecule has 0 spiro atoms. The molecule has 0 aliphatic carbocycles. The molecule has 11 N–H and O–H groups in total. The van der Waals surface area contributed by atoms with Crippen LogP contribution in [-0.4, -0.2) is 175 Å². The van der Waals surface area contributed by atoms with Gasteiger partial charge >= 0.3 is 18.2 Å². The van der Waals surface area contributed by atoms with Crippen molar-refractivity contribution in [2.45, 2.75) is 115 Å². The van der Waals surface area contributed by atoms with Crippen molar-refractivity contribution in [3.8, 4) is 28.7 Å². The smallest absolute Gasteiger partial charge is 0.411 e. The second-order valence-electron chi connectivity index (χ2n) is 22.3. The maximum Gasteiger partial charge on any atom is 0.411 e. The number of nitrogens with zero attached hydrogens (tertiary/aromatic N) is 3. The third-order valence-corrected chi connectivity index (χ3v) is 15.1. The molecular weight excluding hydrogens is 1180 g/mol. The number of unbranched alkanes of at least 4 members (excludes halogenated alkanes) is 4. The van der Waals surface area contributed by atoms with Crippen molar-refractivity contribution >= 4 is 70.9 Å². The van der Waals surface area contributed by atoms with E-state index >= 15 is 0 Å². The van der Waals surface area contributed by atoms with Gasteiger partial charge in [-0.15, -0.1) is 0 Å². The number of carbonyl (C=O) groups is 10. The SMILES string of the molecule is C=C1CC(CO)N(C(=O)c2cc(OC)c(OCCCCCOc3cc(OC(N)=O)c(C(=O)N4CC(=C)CC4CO)cc3OC)cc2NC(=O)OCc2ccc(NC(=O)C(CCCNC(N)=O)NC(=O)C(NC(=O)CCCCCN3C(=O)C=CC3=O)C(C)C)cc2)C1. The lowest BCUT2D eigenvalue weighted by atomic mass is 10.0. The number of ether oxygens (including phenoxy) is 6. The van der Waals surface area contributed by atoms with Gasteiger partial charge in [0, 0.05) is 68.6 Å². The number of carbonyl (C=O) groups excluding carboxylic acids is 10. The first-order valence-corrected chi connectivity index (χ1v) is 29.9. The molecule has 2 saturated heterocycles. The van der Waals surface area contributed by atoms with Crippen molar-refractivity contribution in [1.29, 1.82) is 0 Å². The lowest BCUT2D eigenvalue weighted by Gasteiger charge is -2.25. The molecule has 28 nitrogen and oxygen atoms in total. The zero-order valence-corrected chi connectivity index (χ0v) is 51.6. The average molecular weight is 1270 g/mol. The van der Waals surface area contributed by atoms with Crippen LogP contribution in [0.5, 0.6) is 28.7 Å². The van der Waals surface area contributed by atoms with Crippen molar-refractivity contribution in [1.82, 2.24) is 30.7 Å². The van der Waals surface area contributed by atoms with E-state index in [2.05, 4.69) is 39.7 Å². The number of imide groups is 1. The molecule has 4 unspecified atom stereocenters. The number of nitrogens with two attached hydrogens (primary N) is 2. The molecule has 91 heavy (non-hydrogen) atoms. The van der Waals surface area contributed by atoms with Crippen LogP contribution in [0.3, 0.4) is 0 Å². The molecule has 11 amide bonds. The molecule has 3 aliphatic rings. The average Bonchev–Trinajstić information content (AvgIpc) is 1.82. The first-order chi connectivity index (χ1) is 43.5. The molecular formula is C63H82N10O18. The Bertz CT molecular complexity index is 3190. The highest BCUT2D eigenvalue weighted by Gasteiger charge is 2.36. The van der Waals surface area contributed by atoms with E-state index in [1.165, 1.54) is 60.4 Å². The number of rotatable bonds is 34. The topological polar surface area (TPSA) is 388 Å². The van der Waals surface area contributed by atoms with Gasteiger partial charge in [-0.1, -0.05) is 56.7 Å². The minimum Gasteiger partial charge on any atom is -0.493 e. The molecule has 4 atom stereocenters. The number of hydrogen-bond donors (Lipinski definition) is 9. The number of benzene rings is 3. The molecule has 0 radical (unpaired) electrons. The first kappa shape index (κ1) is 70.4. The van der Waals surface area contributed by atoms with Crippen LogP contribution in [-0.2, 0) is 35.3 Å². The maximum absolute atomic E-state index is 14.2. The van der Waals surface area contributed by atoms with Gasteiger partial charge in [-0.05, 0) is 87.5 Å². The number of methoxy groups -OCH3 is 2. The molecule has 0 aromatic heterocycles. The van der Waals surface area contributed by atoms with Crippen molar-refractivity contribution in [3.05, 3.63) is 102 Å². The number of aliphatic hydroxyl groups excluding tert-OH is 2. The Morgan fingerprint density at radius 2 is 1.24 bits per heavy atom. The number of nitrogens with one attached hydrogen (secondary N) is 5. The predicted molar refractivity (Wildman–Crippen MR) is 331 cm³/mol. The second-order valence-corrected chi connectivity index (χ2v) is 22.3. The number of likely N-dealkylation sites (tertiary alicyclic amines) is 2. The van der Waals surface area contributed by atoms with Gasteiger partial charge in [0.25, 0.3) is 23.6 Å². The van der Waals surface area contributed by atoms with Gasteiger partial charge in [0.05, 0.1) is 69.5 Å². The molecule has 0 bridgehead atoms. The zero-order chi connectivity index (χ0) is 66.3. The lowest BCUT2D eigenvalue weighted by molar-refractivity contribution is -0.137. The van der Waals surface area contributed by atoms with Gasteiger partial charge in [-0.3, -0.25) is 43.8 Å². The second kappa shape index (κ2) is 34.3. The minimum absolute atomic E-state index is 0.0119. The number of aliphatic hydroxyl groups is 2. The summed E-state index contributed by atoms with van der Waals surface area (Å²) >= 11 is 0. The Morgan fingerprint density at radius 3 is 1.80 bits per heavy atom. The first-order valence-electron chi connectivity index (χ1n) is 29.9. The molecule has 0 saturated carbocycles. The third kappa shape index (κ3) is 20.4. The number of primary amides is 2. The molecule has 2 fully saturated rings. The van der Waals surface area contributed by atoms with Gasteiger partial charge in [0.15, 0.2) is 23.0 Å². The third-order valence-electron chi connectivity index (χ3n) is 15.1. The fraction of sp³-hybridized carbons (Fsp3) is 0.460. The standard InChI is InChI=1S/C63H82N10O18/c1-37(2)56(70-53(76)15-9-7-10-23-71-54(77)20-21-55(71)78)58(80)68-46(14-13-22-66-61(64)83)57(79)67-41-18-16-40(17-19-41)36-90-63(85)69-47-30-51(49(86-5)28-44(47)59(81)72-32-38(3)26-42(72)34-74)88-24-11-8-12-25-89-52-31-48(91-62(65)84)45(29-50(52)87-6)60(82)73-33-39(4)27-43(73)35-75/h16-21,28-31,37,42-43,46,56,74-75H,3-4,7-15,22-27,32-36H2,1-2,5-6H3,(H2,65,84)(H,67,79)(H,68,80)(H,69,85)(H,70,76)(H3,64,66,83). The van der Waals surface area contributed by atoms with Gasteiger partial charge < -0.3 is 81.2 Å². The van der Waals surface area contributed by atoms with E-state index in [0.717, 1.165) is 16.0 Å². The largest absolute Gasteiger partial charge is 0.493 e. The van der Waals surface area contributed by atoms with Crippen LogP contribution in [0.1, 0.15) is 111 Å². The van der Waals surface area contributed by atoms with Gasteiger partial charge in [0.2, 0.25) is 17.7 Å². The number of urea groups is 1. The molecule has 3 aromatic rings. The predicted octanol–water partition coefficient (Wildman–Crippen LogP) is 4.56. The van der Waals surface area contributed by atoms with Crippen molar-refractivity contribution in [2.24, 2.45) is 17.4 Å². The van der Waals surface area contributed by atoms with E-state index in [9.17, 15) is 58.2 Å². The molecule has 3 aliphatic heterocycles. The lowest BCUT2D eigenvalue weighted by Crippen LogP contribution is -2.54. The van der Waals surface area contributed by atoms with Crippen molar-refractivity contribution in [2.75, 3.05) is 77.5 Å². The number of hydrogen-bond acceptors (Lipinski definition) is 18. The van der Waals surface area contributed by atoms with E-state index in [1.807, 2.05) is 0 Å². The van der Waals surface area contributed by atoms with Crippen LogP contribution in [0.4, 0.5) is 25.8 Å². The Kier molecular flexibility index (Phi) is 26.5. The van der Waals surface area contributed by atoms with Gasteiger partial charge in [-0.2, -0.15) is 0 Å². The molecule has 3 heterocycles. The summed E-state index contributed by atoms with van der Waals surface area (Å²) in [6.07, 6.45) is 4.55. The quantitative estimate of drug-likeness (QED) is 0.0225. The van der Waals surface area contributed by atoms with Crippen LogP contribution < -0.4 is 61.7 Å². The molecule has 6 rings (SSSR count). The fourth-order valence-electron chi connectivity index (χ4n) is 10.3. The zero-order valence-electron chi connectivity index (χ0n) is 51.6. The highest BCUT2D eigenvalue weighted by atomic mass is 16.6. The molecule has 3 aromatic carbocycles. The van der Waals surface area contributed by atoms with E-state index < -0.39 is 71.9 Å². The van der Waals surface area contributed by atoms with Gasteiger partial charge in [-0.25, -0.2) is 14.4 Å². The van der Waals surface area contributed by atoms with Crippen LogP contribution in [0.2, 0.25) is 0 Å². The summed E-state index contributed by atoms with van der Waals surface area (Å²) in [5, 5.41) is 33.4. The summed E-state index contributed by atoms with van der Waals surface area (Å²) in [6.45, 7) is 11.5. The van der Waals surface area contributed by atoms with Gasteiger partial charge in [0.1, 0.15) is 24.4 Å². The Labute approximate surface area is 526 Å². The Hall–Kier alpha value is -9.70. The molecule has 492 valence electrons. The van der Waals surface area contributed by atoms with E-state index in [1.54, 1.807) is 38.1 Å². The van der Waals surface area contributed by atoms with Crippen LogP contribution in [0, 0.1) is 5.92 Å². The summed E-state index contributed by atoms with van der Waals surface area (Å²) in [5.41, 5.74) is 12.9. The highest BCUT2D eigenvalue weighted by Crippen LogP contribution is 2.39. The highest BCUT2D eigenvalue weighted by molar-refractivity contribution is 6.13. The Balaban J connectivity index is 1.05. The van der Waals surface area contributed by atoms with E-state index in [4.69, 9.17) is 39.9 Å². The van der Waals surface area contributed by atoms with E-state index in [0.29, 0.717) is 62.6 Å². The molecule has 28 heteroatoms. The summed E-state index contributed by atoms with van der Waals surface area (Å²) in [7, 11) is 2.78. The van der Waals surface area contributed by atoms with Crippen molar-refractivity contribution in [3.63, 3.8) is 0 Å². The Morgan fingerprint density at radius 1 is 0.670 bits per heavy atom. The summed E-state index contributed by atoms with van der Waals surface area (Å²) in [5.74, 6) is -3.26. The van der Waals surface area contributed by atoms with Crippen LogP contribution >= 0.6 is 0 Å². The monoisotopic (exact) mass is 1270 g/mol. The van der Waals surface area contributed by atoms with Crippen LogP contribution in [0.15, 0.2) is 85.0 Å². The fourth-order valence-corrected chi connectivity index (χ4v) is 10.3. The summed E-state index contributed by atoms with van der Waals surface area (Å²) in [6, 6.07) is 7.88. The number of anilines is 2. The maximum atomic E-state index is 14.2. The van der Waals surface area contributed by atoms with Crippen molar-refractivity contribution < 1.29 is 86.6 Å². The van der Waals surface area contributed by atoms with Crippen LogP contribution in [0.25, 0.3) is 0 Å². The van der Waals surface area contributed by atoms with E-state index in [-0.39, 0.29) is 142 Å². The number of amides is 11. The summed E-state index contributed by atoms with van der Waals surface area (Å²) in [4.78, 5) is 133. The minimum atomic E-state index is -1.16.